The molecular weight excluding hydrogens is 284 g/mol. The first kappa shape index (κ1) is 16.6. The number of benzene rings is 1. The van der Waals surface area contributed by atoms with Crippen LogP contribution in [-0.2, 0) is 10.8 Å². The number of aliphatic hydroxyl groups excluding tert-OH is 1. The van der Waals surface area contributed by atoms with E-state index < -0.39 is 10.8 Å². The molecule has 3 unspecified atom stereocenters. The zero-order valence-corrected chi connectivity index (χ0v) is 13.8. The van der Waals surface area contributed by atoms with Crippen molar-refractivity contribution in [3.63, 3.8) is 0 Å². The van der Waals surface area contributed by atoms with Gasteiger partial charge < -0.3 is 5.11 Å². The van der Waals surface area contributed by atoms with Gasteiger partial charge in [-0.2, -0.15) is 0 Å². The molecule has 0 spiro atoms. The van der Waals surface area contributed by atoms with Crippen molar-refractivity contribution < 1.29 is 9.32 Å². The predicted molar refractivity (Wildman–Crippen MR) is 86.9 cm³/mol. The molecule has 0 bridgehead atoms. The molecule has 1 aliphatic heterocycles. The summed E-state index contributed by atoms with van der Waals surface area (Å²) in [6, 6.07) is 10.1. The minimum atomic E-state index is -0.909. The Morgan fingerprint density at radius 3 is 2.67 bits per heavy atom. The summed E-state index contributed by atoms with van der Waals surface area (Å²) >= 11 is 0. The highest BCUT2D eigenvalue weighted by Crippen LogP contribution is 2.11. The van der Waals surface area contributed by atoms with E-state index in [0.29, 0.717) is 11.8 Å². The maximum atomic E-state index is 12.2. The first-order valence-corrected chi connectivity index (χ1v) is 8.96. The van der Waals surface area contributed by atoms with E-state index in [4.69, 9.17) is 0 Å². The topological polar surface area (TPSA) is 43.8 Å². The van der Waals surface area contributed by atoms with Gasteiger partial charge in [0.1, 0.15) is 0 Å². The number of aliphatic hydroxyl groups is 1. The molecule has 0 aromatic heterocycles. The summed E-state index contributed by atoms with van der Waals surface area (Å²) in [4.78, 5) is 5.62. The number of hydrogen-bond acceptors (Lipinski definition) is 4. The van der Waals surface area contributed by atoms with Crippen LogP contribution in [0.5, 0.6) is 0 Å². The second kappa shape index (κ2) is 8.03. The zero-order chi connectivity index (χ0) is 15.2. The Hall–Kier alpha value is -0.750. The minimum absolute atomic E-state index is 0.274. The van der Waals surface area contributed by atoms with Crippen molar-refractivity contribution in [2.45, 2.75) is 30.9 Å². The van der Waals surface area contributed by atoms with Gasteiger partial charge in [0.25, 0.3) is 0 Å². The van der Waals surface area contributed by atoms with E-state index in [1.165, 1.54) is 0 Å². The molecule has 1 N–H and O–H groups in total. The van der Waals surface area contributed by atoms with E-state index in [-0.39, 0.29) is 6.10 Å². The molecule has 1 aromatic rings. The van der Waals surface area contributed by atoms with Crippen molar-refractivity contribution in [2.24, 2.45) is 0 Å². The summed E-state index contributed by atoms with van der Waals surface area (Å²) in [5.74, 6) is 0.688. The molecule has 4 nitrogen and oxygen atoms in total. The molecule has 0 radical (unpaired) electrons. The van der Waals surface area contributed by atoms with Crippen molar-refractivity contribution in [3.05, 3.63) is 30.3 Å². The molecule has 118 valence electrons. The smallest absolute Gasteiger partial charge is 0.0639 e. The summed E-state index contributed by atoms with van der Waals surface area (Å²) in [6.45, 7) is 8.59. The second-order valence-corrected chi connectivity index (χ2v) is 7.43. The Bertz CT molecular complexity index is 453. The van der Waals surface area contributed by atoms with Crippen molar-refractivity contribution in [1.82, 2.24) is 9.80 Å². The van der Waals surface area contributed by atoms with E-state index >= 15 is 0 Å². The molecular formula is C16H26N2O2S. The molecule has 1 heterocycles. The van der Waals surface area contributed by atoms with E-state index in [0.717, 1.165) is 37.6 Å². The van der Waals surface area contributed by atoms with Crippen LogP contribution in [0.3, 0.4) is 0 Å². The summed E-state index contributed by atoms with van der Waals surface area (Å²) in [6.07, 6.45) is -0.274. The van der Waals surface area contributed by atoms with Crippen molar-refractivity contribution >= 4 is 10.8 Å². The zero-order valence-electron chi connectivity index (χ0n) is 12.9. The first-order valence-electron chi connectivity index (χ1n) is 7.64. The highest BCUT2D eigenvalue weighted by Gasteiger charge is 2.24. The van der Waals surface area contributed by atoms with Crippen LogP contribution in [0.1, 0.15) is 13.8 Å². The lowest BCUT2D eigenvalue weighted by atomic mass is 10.2. The molecule has 0 amide bonds. The SMILES string of the molecule is CC(O)CN1CCN(CCS(=O)c2ccccc2)CC1C. The third kappa shape index (κ3) is 5.18. The van der Waals surface area contributed by atoms with Gasteiger partial charge >= 0.3 is 0 Å². The van der Waals surface area contributed by atoms with Gasteiger partial charge in [-0.25, -0.2) is 0 Å². The Morgan fingerprint density at radius 2 is 2.05 bits per heavy atom. The number of β-amino-alcohol motifs (C(OH)–C–C–N with tert-alkyl or cyclic N) is 1. The highest BCUT2D eigenvalue weighted by molar-refractivity contribution is 7.85. The monoisotopic (exact) mass is 310 g/mol. The Morgan fingerprint density at radius 1 is 1.33 bits per heavy atom. The molecule has 3 atom stereocenters. The van der Waals surface area contributed by atoms with Crippen LogP contribution in [0.25, 0.3) is 0 Å². The fraction of sp³-hybridized carbons (Fsp3) is 0.625. The summed E-state index contributed by atoms with van der Waals surface area (Å²) in [7, 11) is -0.909. The van der Waals surface area contributed by atoms with Gasteiger partial charge in [0.15, 0.2) is 0 Å². The van der Waals surface area contributed by atoms with Crippen LogP contribution in [0, 0.1) is 0 Å². The van der Waals surface area contributed by atoms with E-state index in [1.807, 2.05) is 37.3 Å². The van der Waals surface area contributed by atoms with Crippen molar-refractivity contribution in [3.8, 4) is 0 Å². The fourth-order valence-electron chi connectivity index (χ4n) is 2.79. The molecule has 1 saturated heterocycles. The van der Waals surface area contributed by atoms with Crippen LogP contribution in [-0.4, -0.2) is 69.7 Å². The molecule has 1 aromatic carbocycles. The minimum Gasteiger partial charge on any atom is -0.392 e. The summed E-state index contributed by atoms with van der Waals surface area (Å²) in [5.41, 5.74) is 0. The first-order chi connectivity index (χ1) is 10.1. The Balaban J connectivity index is 1.77. The molecule has 21 heavy (non-hydrogen) atoms. The molecule has 0 saturated carbocycles. The van der Waals surface area contributed by atoms with Crippen LogP contribution in [0.4, 0.5) is 0 Å². The van der Waals surface area contributed by atoms with Gasteiger partial charge in [0.2, 0.25) is 0 Å². The number of piperazine rings is 1. The maximum Gasteiger partial charge on any atom is 0.0639 e. The Kier molecular flexibility index (Phi) is 6.36. The largest absolute Gasteiger partial charge is 0.392 e. The second-order valence-electron chi connectivity index (χ2n) is 5.86. The summed E-state index contributed by atoms with van der Waals surface area (Å²) < 4.78 is 12.2. The van der Waals surface area contributed by atoms with Gasteiger partial charge in [0.05, 0.1) is 16.9 Å². The summed E-state index contributed by atoms with van der Waals surface area (Å²) in [5, 5.41) is 9.50. The lowest BCUT2D eigenvalue weighted by Gasteiger charge is -2.40. The number of hydrogen-bond donors (Lipinski definition) is 1. The maximum absolute atomic E-state index is 12.2. The van der Waals surface area contributed by atoms with Crippen LogP contribution in [0.15, 0.2) is 35.2 Å². The van der Waals surface area contributed by atoms with E-state index in [9.17, 15) is 9.32 Å². The molecule has 1 fully saturated rings. The van der Waals surface area contributed by atoms with Crippen molar-refractivity contribution in [2.75, 3.05) is 38.5 Å². The van der Waals surface area contributed by atoms with Crippen molar-refractivity contribution in [1.29, 1.82) is 0 Å². The average molecular weight is 310 g/mol. The van der Waals surface area contributed by atoms with E-state index in [1.54, 1.807) is 0 Å². The Labute approximate surface area is 130 Å². The quantitative estimate of drug-likeness (QED) is 0.857. The standard InChI is InChI=1S/C16H26N2O2S/c1-14-12-17(8-9-18(14)13-15(2)19)10-11-21(20)16-6-4-3-5-7-16/h3-7,14-15,19H,8-13H2,1-2H3. The molecule has 0 aliphatic carbocycles. The third-order valence-corrected chi connectivity index (χ3v) is 5.30. The molecule has 5 heteroatoms. The average Bonchev–Trinajstić information content (AvgIpc) is 2.48. The van der Waals surface area contributed by atoms with Gasteiger partial charge in [-0.3, -0.25) is 14.0 Å². The van der Waals surface area contributed by atoms with Crippen LogP contribution >= 0.6 is 0 Å². The van der Waals surface area contributed by atoms with Gasteiger partial charge in [-0.15, -0.1) is 0 Å². The molecule has 2 rings (SSSR count). The lowest BCUT2D eigenvalue weighted by molar-refractivity contribution is 0.0475. The number of rotatable bonds is 6. The van der Waals surface area contributed by atoms with Gasteiger partial charge in [-0.1, -0.05) is 18.2 Å². The number of nitrogens with zero attached hydrogens (tertiary/aromatic N) is 2. The van der Waals surface area contributed by atoms with Gasteiger partial charge in [0, 0.05) is 49.4 Å². The van der Waals surface area contributed by atoms with Gasteiger partial charge in [-0.05, 0) is 26.0 Å². The van der Waals surface area contributed by atoms with Crippen LogP contribution < -0.4 is 0 Å². The highest BCUT2D eigenvalue weighted by atomic mass is 32.2. The normalized spacial score (nSPS) is 23.9. The lowest BCUT2D eigenvalue weighted by Crippen LogP contribution is -2.53. The van der Waals surface area contributed by atoms with E-state index in [2.05, 4.69) is 16.7 Å². The third-order valence-electron chi connectivity index (χ3n) is 3.95. The predicted octanol–water partition coefficient (Wildman–Crippen LogP) is 1.18. The fourth-order valence-corrected chi connectivity index (χ4v) is 3.91. The molecule has 1 aliphatic rings. The van der Waals surface area contributed by atoms with Crippen LogP contribution in [0.2, 0.25) is 0 Å².